The monoisotopic (exact) mass is 451 g/mol. The molecule has 0 fully saturated rings. The van der Waals surface area contributed by atoms with Crippen LogP contribution in [0.5, 0.6) is 0 Å². The molecule has 0 unspecified atom stereocenters. The van der Waals surface area contributed by atoms with Crippen LogP contribution in [0.3, 0.4) is 0 Å². The summed E-state index contributed by atoms with van der Waals surface area (Å²) in [7, 11) is -0.654. The van der Waals surface area contributed by atoms with Crippen molar-refractivity contribution in [2.45, 2.75) is 11.8 Å². The van der Waals surface area contributed by atoms with E-state index in [1.165, 1.54) is 38.2 Å². The molecule has 0 aliphatic rings. The summed E-state index contributed by atoms with van der Waals surface area (Å²) in [6.07, 6.45) is 0. The highest BCUT2D eigenvalue weighted by molar-refractivity contribution is 7.89. The van der Waals surface area contributed by atoms with E-state index in [-0.39, 0.29) is 17.2 Å². The molecule has 0 heterocycles. The molecule has 32 heavy (non-hydrogen) atoms. The highest BCUT2D eigenvalue weighted by Gasteiger charge is 2.23. The van der Waals surface area contributed by atoms with Crippen LogP contribution in [0.25, 0.3) is 0 Å². The minimum Gasteiger partial charge on any atom is -0.343 e. The molecule has 8 heteroatoms. The van der Waals surface area contributed by atoms with Crippen molar-refractivity contribution in [1.29, 1.82) is 0 Å². The van der Waals surface area contributed by atoms with E-state index in [1.807, 2.05) is 54.4 Å². The smallest absolute Gasteiger partial charge is 0.243 e. The lowest BCUT2D eigenvalue weighted by Crippen LogP contribution is -2.35. The first kappa shape index (κ1) is 23.2. The molecule has 0 aromatic heterocycles. The van der Waals surface area contributed by atoms with Crippen molar-refractivity contribution in [2.24, 2.45) is 0 Å². The fourth-order valence-corrected chi connectivity index (χ4v) is 4.31. The van der Waals surface area contributed by atoms with Gasteiger partial charge in [-0.05, 0) is 43.3 Å². The number of amides is 1. The van der Waals surface area contributed by atoms with Crippen LogP contribution in [0.1, 0.15) is 17.3 Å². The molecule has 166 valence electrons. The maximum absolute atomic E-state index is 12.8. The van der Waals surface area contributed by atoms with Gasteiger partial charge in [-0.1, -0.05) is 42.5 Å². The van der Waals surface area contributed by atoms with Gasteiger partial charge in [-0.25, -0.2) is 8.42 Å². The lowest BCUT2D eigenvalue weighted by Gasteiger charge is -2.23. The quantitative estimate of drug-likeness (QED) is 0.525. The third-order valence-electron chi connectivity index (χ3n) is 5.02. The minimum absolute atomic E-state index is 0.0158. The van der Waals surface area contributed by atoms with Crippen LogP contribution in [-0.2, 0) is 14.8 Å². The predicted octanol–water partition coefficient (Wildman–Crippen LogP) is 3.92. The van der Waals surface area contributed by atoms with E-state index in [9.17, 15) is 18.0 Å². The summed E-state index contributed by atoms with van der Waals surface area (Å²) in [5.74, 6) is -0.619. The van der Waals surface area contributed by atoms with E-state index < -0.39 is 15.9 Å². The molecule has 0 atom stereocenters. The lowest BCUT2D eigenvalue weighted by molar-refractivity contribution is -0.116. The van der Waals surface area contributed by atoms with Crippen LogP contribution in [0, 0.1) is 0 Å². The van der Waals surface area contributed by atoms with Crippen molar-refractivity contribution < 1.29 is 18.0 Å². The highest BCUT2D eigenvalue weighted by Crippen LogP contribution is 2.30. The van der Waals surface area contributed by atoms with Gasteiger partial charge in [0.25, 0.3) is 0 Å². The molecule has 0 aliphatic carbocycles. The van der Waals surface area contributed by atoms with E-state index in [2.05, 4.69) is 5.32 Å². The second kappa shape index (κ2) is 9.76. The molecule has 0 bridgehead atoms. The SMILES string of the molecule is CC(=O)c1ccc(S(=O)(=O)N(C)CC(=O)Nc2ccccc2N(C)c2ccccc2)cc1. The highest BCUT2D eigenvalue weighted by atomic mass is 32.2. The zero-order chi connectivity index (χ0) is 23.3. The molecular formula is C24H25N3O4S. The molecule has 0 aliphatic heterocycles. The van der Waals surface area contributed by atoms with Crippen LogP contribution in [0.2, 0.25) is 0 Å². The Labute approximate surface area is 188 Å². The standard InChI is InChI=1S/C24H25N3O4S/c1-18(28)19-13-15-21(16-14-19)32(30,31)26(2)17-24(29)25-22-11-7-8-12-23(22)27(3)20-9-5-4-6-10-20/h4-16H,17H2,1-3H3,(H,25,29). The Morgan fingerprint density at radius 2 is 1.44 bits per heavy atom. The van der Waals surface area contributed by atoms with Crippen LogP contribution < -0.4 is 10.2 Å². The van der Waals surface area contributed by atoms with Gasteiger partial charge >= 0.3 is 0 Å². The predicted molar refractivity (Wildman–Crippen MR) is 126 cm³/mol. The number of Topliss-reactive ketones (excluding diaryl/α,β-unsaturated/α-hetero) is 1. The van der Waals surface area contributed by atoms with E-state index in [0.717, 1.165) is 15.7 Å². The third kappa shape index (κ3) is 5.22. The Kier molecular flexibility index (Phi) is 7.07. The van der Waals surface area contributed by atoms with Gasteiger partial charge < -0.3 is 10.2 Å². The van der Waals surface area contributed by atoms with Crippen molar-refractivity contribution in [2.75, 3.05) is 30.9 Å². The second-order valence-corrected chi connectivity index (χ2v) is 9.35. The summed E-state index contributed by atoms with van der Waals surface area (Å²) in [6, 6.07) is 22.6. The number of hydrogen-bond acceptors (Lipinski definition) is 5. The molecule has 0 spiro atoms. The van der Waals surface area contributed by atoms with E-state index >= 15 is 0 Å². The fraction of sp³-hybridized carbons (Fsp3) is 0.167. The number of likely N-dealkylation sites (N-methyl/N-ethyl adjacent to an activating group) is 1. The van der Waals surface area contributed by atoms with Gasteiger partial charge in [-0.15, -0.1) is 0 Å². The molecule has 1 N–H and O–H groups in total. The average Bonchev–Trinajstić information content (AvgIpc) is 2.79. The molecular weight excluding hydrogens is 426 g/mol. The van der Waals surface area contributed by atoms with Gasteiger partial charge in [-0.2, -0.15) is 4.31 Å². The molecule has 3 aromatic carbocycles. The largest absolute Gasteiger partial charge is 0.343 e. The van der Waals surface area contributed by atoms with Crippen molar-refractivity contribution in [3.05, 3.63) is 84.4 Å². The Bertz CT molecular complexity index is 1210. The zero-order valence-corrected chi connectivity index (χ0v) is 19.0. The topological polar surface area (TPSA) is 86.8 Å². The fourth-order valence-electron chi connectivity index (χ4n) is 3.18. The second-order valence-electron chi connectivity index (χ2n) is 7.30. The minimum atomic E-state index is -3.89. The van der Waals surface area contributed by atoms with Crippen LogP contribution in [-0.4, -0.2) is 45.1 Å². The number of nitrogens with zero attached hydrogens (tertiary/aromatic N) is 2. The Morgan fingerprint density at radius 1 is 0.844 bits per heavy atom. The number of anilines is 3. The zero-order valence-electron chi connectivity index (χ0n) is 18.1. The summed E-state index contributed by atoms with van der Waals surface area (Å²) in [5, 5.41) is 2.81. The first-order valence-electron chi connectivity index (χ1n) is 9.95. The number of sulfonamides is 1. The molecule has 7 nitrogen and oxygen atoms in total. The van der Waals surface area contributed by atoms with Gasteiger partial charge in [0.2, 0.25) is 15.9 Å². The number of carbonyl (C=O) groups excluding carboxylic acids is 2. The summed E-state index contributed by atoms with van der Waals surface area (Å²) in [5.41, 5.74) is 2.71. The van der Waals surface area contributed by atoms with Crippen molar-refractivity contribution >= 4 is 38.8 Å². The van der Waals surface area contributed by atoms with E-state index in [4.69, 9.17) is 0 Å². The number of hydrogen-bond donors (Lipinski definition) is 1. The normalized spacial score (nSPS) is 11.2. The Morgan fingerprint density at radius 3 is 2.06 bits per heavy atom. The molecule has 1 amide bonds. The summed E-state index contributed by atoms with van der Waals surface area (Å²) >= 11 is 0. The van der Waals surface area contributed by atoms with Gasteiger partial charge in [0.15, 0.2) is 5.78 Å². The molecule has 0 saturated heterocycles. The Hall–Kier alpha value is -3.49. The van der Waals surface area contributed by atoms with Gasteiger partial charge in [0, 0.05) is 25.3 Å². The van der Waals surface area contributed by atoms with Gasteiger partial charge in [-0.3, -0.25) is 9.59 Å². The first-order chi connectivity index (χ1) is 15.2. The molecule has 3 rings (SSSR count). The number of benzene rings is 3. The summed E-state index contributed by atoms with van der Waals surface area (Å²) in [4.78, 5) is 26.0. The number of rotatable bonds is 8. The number of para-hydroxylation sites is 3. The van der Waals surface area contributed by atoms with Crippen molar-refractivity contribution in [1.82, 2.24) is 4.31 Å². The van der Waals surface area contributed by atoms with Gasteiger partial charge in [0.05, 0.1) is 22.8 Å². The van der Waals surface area contributed by atoms with E-state index in [0.29, 0.717) is 11.3 Å². The lowest BCUT2D eigenvalue weighted by atomic mass is 10.2. The van der Waals surface area contributed by atoms with Gasteiger partial charge in [0.1, 0.15) is 0 Å². The molecule has 0 radical (unpaired) electrons. The third-order valence-corrected chi connectivity index (χ3v) is 6.84. The Balaban J connectivity index is 1.74. The van der Waals surface area contributed by atoms with Crippen molar-refractivity contribution in [3.63, 3.8) is 0 Å². The maximum atomic E-state index is 12.8. The molecule has 0 saturated carbocycles. The number of nitrogens with one attached hydrogen (secondary N) is 1. The summed E-state index contributed by atoms with van der Waals surface area (Å²) in [6.45, 7) is 1.05. The maximum Gasteiger partial charge on any atom is 0.243 e. The first-order valence-corrected chi connectivity index (χ1v) is 11.4. The summed E-state index contributed by atoms with van der Waals surface area (Å²) < 4.78 is 26.6. The van der Waals surface area contributed by atoms with E-state index in [1.54, 1.807) is 12.1 Å². The number of ketones is 1. The number of carbonyl (C=O) groups is 2. The van der Waals surface area contributed by atoms with Crippen LogP contribution >= 0.6 is 0 Å². The molecule has 3 aromatic rings. The van der Waals surface area contributed by atoms with Crippen LogP contribution in [0.4, 0.5) is 17.1 Å². The van der Waals surface area contributed by atoms with Crippen molar-refractivity contribution in [3.8, 4) is 0 Å². The van der Waals surface area contributed by atoms with Crippen LogP contribution in [0.15, 0.2) is 83.8 Å². The average molecular weight is 452 g/mol.